The highest BCUT2D eigenvalue weighted by Crippen LogP contribution is 2.37. The van der Waals surface area contributed by atoms with Crippen LogP contribution >= 0.6 is 0 Å². The summed E-state index contributed by atoms with van der Waals surface area (Å²) in [6, 6.07) is 4.89. The van der Waals surface area contributed by atoms with Crippen LogP contribution in [0.3, 0.4) is 0 Å². The minimum Gasteiger partial charge on any atom is -0.462 e. The van der Waals surface area contributed by atoms with Gasteiger partial charge in [-0.3, -0.25) is 53.5 Å². The molecule has 21 heteroatoms. The molecule has 6 amide bonds. The molecule has 3 N–H and O–H groups in total. The minimum absolute atomic E-state index is 0.00947. The smallest absolute Gasteiger partial charge is 0.343 e. The number of imide groups is 2. The molecule has 21 nitrogen and oxygen atoms in total. The average molecular weight is 1020 g/mol. The molecule has 0 spiro atoms. The van der Waals surface area contributed by atoms with E-state index in [-0.39, 0.29) is 49.1 Å². The fourth-order valence-corrected chi connectivity index (χ4v) is 12.5. The monoisotopic (exact) mass is 1020 g/mol. The number of amides is 6. The van der Waals surface area contributed by atoms with E-state index in [1.165, 1.54) is 6.20 Å². The third kappa shape index (κ3) is 11.1. The van der Waals surface area contributed by atoms with Gasteiger partial charge in [-0.15, -0.1) is 0 Å². The van der Waals surface area contributed by atoms with E-state index in [9.17, 15) is 33.6 Å². The first-order chi connectivity index (χ1) is 35.9. The lowest BCUT2D eigenvalue weighted by Crippen LogP contribution is -2.54. The van der Waals surface area contributed by atoms with Gasteiger partial charge in [0.1, 0.15) is 17.4 Å². The van der Waals surface area contributed by atoms with Crippen molar-refractivity contribution in [3.63, 3.8) is 0 Å². The number of piperazine rings is 2. The number of aryl methyl sites for hydroxylation is 1. The summed E-state index contributed by atoms with van der Waals surface area (Å²) < 4.78 is 6.99. The Bertz CT molecular complexity index is 2590. The Morgan fingerprint density at radius 3 is 2.11 bits per heavy atom. The number of rotatable bonds is 14. The lowest BCUT2D eigenvalue weighted by molar-refractivity contribution is -0.143. The molecule has 74 heavy (non-hydrogen) atoms. The van der Waals surface area contributed by atoms with Gasteiger partial charge in [0.25, 0.3) is 11.8 Å². The number of piperidine rings is 2. The number of carbonyl (C=O) groups excluding carboxylic acids is 7. The van der Waals surface area contributed by atoms with E-state index in [0.29, 0.717) is 59.2 Å². The van der Waals surface area contributed by atoms with Gasteiger partial charge in [0.15, 0.2) is 0 Å². The van der Waals surface area contributed by atoms with E-state index in [1.54, 1.807) is 29.9 Å². The van der Waals surface area contributed by atoms with Gasteiger partial charge in [-0.2, -0.15) is 10.1 Å². The number of nitrogens with one attached hydrogen (secondary N) is 3. The van der Waals surface area contributed by atoms with Gasteiger partial charge in [-0.25, -0.2) is 9.78 Å². The van der Waals surface area contributed by atoms with Crippen LogP contribution in [-0.4, -0.2) is 182 Å². The third-order valence-corrected chi connectivity index (χ3v) is 16.8. The molecule has 2 aliphatic carbocycles. The standard InChI is InChI=1S/C53H71N13O8/c1-3-74-52(73)41-32-54-53(57-38-31-55-60(2)33-38)59-46(41)56-37-11-13-39(14-12-37)62-27-29-65(30-28-62)49(70)36-9-7-35(8-10-36)48(69)64-21-18-34(19-22-64)17-20-61-23-25-63(26-24-61)42-6-4-5-40-45(42)51(72)66(50(40)71)43-15-16-44(67)58-47(43)68/h4-6,31-37,39,43H,3,7-30H2,1-2H3,(H,58,67,68)(H2,54,56,57,59). The van der Waals surface area contributed by atoms with E-state index in [1.807, 2.05) is 19.3 Å². The second-order valence-electron chi connectivity index (χ2n) is 21.3. The topological polar surface area (TPSA) is 228 Å². The number of nitrogens with zero attached hydrogens (tertiary/aromatic N) is 10. The van der Waals surface area contributed by atoms with Gasteiger partial charge in [0, 0.05) is 115 Å². The molecule has 2 aromatic heterocycles. The van der Waals surface area contributed by atoms with Crippen LogP contribution < -0.4 is 20.9 Å². The van der Waals surface area contributed by atoms with E-state index < -0.39 is 35.6 Å². The molecule has 0 radical (unpaired) electrons. The number of likely N-dealkylation sites (tertiary alicyclic amines) is 1. The zero-order valence-corrected chi connectivity index (χ0v) is 42.8. The summed E-state index contributed by atoms with van der Waals surface area (Å²) in [4.78, 5) is 113. The maximum absolute atomic E-state index is 13.8. The minimum atomic E-state index is -0.991. The van der Waals surface area contributed by atoms with Crippen molar-refractivity contribution < 1.29 is 38.3 Å². The number of esters is 1. The van der Waals surface area contributed by atoms with E-state index in [0.717, 1.165) is 140 Å². The number of anilines is 4. The molecule has 1 unspecified atom stereocenters. The SMILES string of the molecule is CCOC(=O)c1cnc(Nc2cnn(C)c2)nc1NC1CCC(N2CCN(C(=O)C3CCC(C(=O)N4CCC(CCN5CCN(c6cccc7c6C(=O)N(C6CCC(=O)NC6=O)C7=O)CC5)CC4)CC3)CC2)CC1. The molecule has 10 rings (SSSR count). The van der Waals surface area contributed by atoms with Crippen molar-refractivity contribution in [2.24, 2.45) is 24.8 Å². The second-order valence-corrected chi connectivity index (χ2v) is 21.3. The summed E-state index contributed by atoms with van der Waals surface area (Å²) in [6.07, 6.45) is 15.2. The third-order valence-electron chi connectivity index (χ3n) is 16.8. The van der Waals surface area contributed by atoms with Gasteiger partial charge in [0.05, 0.1) is 35.3 Å². The van der Waals surface area contributed by atoms with E-state index in [2.05, 4.69) is 55.5 Å². The first kappa shape index (κ1) is 51.0. The molecule has 7 aliphatic rings. The van der Waals surface area contributed by atoms with Gasteiger partial charge >= 0.3 is 5.97 Å². The predicted molar refractivity (Wildman–Crippen MR) is 273 cm³/mol. The molecule has 3 aromatic rings. The first-order valence-electron chi connectivity index (χ1n) is 27.1. The molecule has 1 aromatic carbocycles. The first-order valence-corrected chi connectivity index (χ1v) is 27.1. The fraction of sp³-hybridized carbons (Fsp3) is 0.623. The van der Waals surface area contributed by atoms with E-state index >= 15 is 0 Å². The van der Waals surface area contributed by atoms with Crippen molar-refractivity contribution in [1.29, 1.82) is 0 Å². The van der Waals surface area contributed by atoms with Crippen molar-refractivity contribution in [2.75, 3.05) is 94.1 Å². The van der Waals surface area contributed by atoms with Crippen LogP contribution in [0.25, 0.3) is 0 Å². The number of hydrogen-bond donors (Lipinski definition) is 3. The Hall–Kier alpha value is -6.48. The number of aromatic nitrogens is 4. The van der Waals surface area contributed by atoms with Crippen LogP contribution in [0.4, 0.5) is 23.1 Å². The van der Waals surface area contributed by atoms with E-state index in [4.69, 9.17) is 4.74 Å². The van der Waals surface area contributed by atoms with Crippen LogP contribution in [0.5, 0.6) is 0 Å². The molecule has 396 valence electrons. The van der Waals surface area contributed by atoms with Crippen LogP contribution in [0.15, 0.2) is 36.8 Å². The summed E-state index contributed by atoms with van der Waals surface area (Å²) in [5, 5.41) is 13.1. The Morgan fingerprint density at radius 1 is 0.770 bits per heavy atom. The molecule has 2 saturated carbocycles. The lowest BCUT2D eigenvalue weighted by Gasteiger charge is -2.43. The summed E-state index contributed by atoms with van der Waals surface area (Å²) >= 11 is 0. The van der Waals surface area contributed by atoms with Gasteiger partial charge in [0.2, 0.25) is 29.6 Å². The second kappa shape index (κ2) is 22.6. The molecule has 6 fully saturated rings. The highest BCUT2D eigenvalue weighted by molar-refractivity contribution is 6.25. The van der Waals surface area contributed by atoms with Gasteiger partial charge in [-0.1, -0.05) is 6.07 Å². The highest BCUT2D eigenvalue weighted by atomic mass is 16.5. The van der Waals surface area contributed by atoms with Crippen LogP contribution in [0, 0.1) is 17.8 Å². The van der Waals surface area contributed by atoms with Crippen LogP contribution in [0.1, 0.15) is 121 Å². The largest absolute Gasteiger partial charge is 0.462 e. The number of hydrogen-bond acceptors (Lipinski definition) is 16. The Balaban J connectivity index is 0.610. The number of carbonyl (C=O) groups is 7. The number of ether oxygens (including phenoxy) is 1. The highest BCUT2D eigenvalue weighted by Gasteiger charge is 2.46. The predicted octanol–water partition coefficient (Wildman–Crippen LogP) is 3.66. The van der Waals surface area contributed by atoms with Crippen molar-refractivity contribution in [3.05, 3.63) is 53.5 Å². The normalized spacial score (nSPS) is 25.5. The van der Waals surface area contributed by atoms with Crippen molar-refractivity contribution in [2.45, 2.75) is 109 Å². The molecule has 5 aliphatic heterocycles. The number of benzene rings is 1. The maximum Gasteiger partial charge on any atom is 0.343 e. The number of fused-ring (bicyclic) bond motifs is 1. The van der Waals surface area contributed by atoms with Crippen LogP contribution in [0.2, 0.25) is 0 Å². The zero-order chi connectivity index (χ0) is 51.5. The summed E-state index contributed by atoms with van der Waals surface area (Å²) in [5.74, 6) is -0.580. The Kier molecular flexibility index (Phi) is 15.6. The Labute approximate surface area is 432 Å². The maximum atomic E-state index is 13.8. The van der Waals surface area contributed by atoms with Gasteiger partial charge in [-0.05, 0) is 109 Å². The average Bonchev–Trinajstić information content (AvgIpc) is 3.95. The Morgan fingerprint density at radius 2 is 1.46 bits per heavy atom. The van der Waals surface area contributed by atoms with Crippen molar-refractivity contribution in [1.82, 2.24) is 49.6 Å². The van der Waals surface area contributed by atoms with Crippen LogP contribution in [-0.2, 0) is 31.0 Å². The lowest BCUT2D eigenvalue weighted by atomic mass is 9.80. The van der Waals surface area contributed by atoms with Crippen molar-refractivity contribution >= 4 is 64.6 Å². The quantitative estimate of drug-likeness (QED) is 0.155. The fourth-order valence-electron chi connectivity index (χ4n) is 12.5. The summed E-state index contributed by atoms with van der Waals surface area (Å²) in [7, 11) is 1.83. The molecular formula is C53H71N13O8. The molecular weight excluding hydrogens is 947 g/mol. The molecule has 7 heterocycles. The zero-order valence-electron chi connectivity index (χ0n) is 42.8. The molecule has 0 bridgehead atoms. The summed E-state index contributed by atoms with van der Waals surface area (Å²) in [5.41, 5.74) is 2.40. The van der Waals surface area contributed by atoms with Gasteiger partial charge < -0.3 is 30.1 Å². The van der Waals surface area contributed by atoms with Crippen molar-refractivity contribution in [3.8, 4) is 0 Å². The summed E-state index contributed by atoms with van der Waals surface area (Å²) in [6.45, 7) is 10.8. The molecule has 1 atom stereocenters. The molecule has 4 saturated heterocycles.